The van der Waals surface area contributed by atoms with Gasteiger partial charge in [-0.1, -0.05) is 11.6 Å². The molecule has 16 heavy (non-hydrogen) atoms. The lowest BCUT2D eigenvalue weighted by atomic mass is 10.0. The van der Waals surface area contributed by atoms with Crippen molar-refractivity contribution in [2.75, 3.05) is 18.0 Å². The van der Waals surface area contributed by atoms with Crippen LogP contribution in [0.3, 0.4) is 0 Å². The van der Waals surface area contributed by atoms with E-state index in [4.69, 9.17) is 0 Å². The number of rotatable bonds is 2. The van der Waals surface area contributed by atoms with Gasteiger partial charge in [-0.3, -0.25) is 0 Å². The average molecular weight is 217 g/mol. The smallest absolute Gasteiger partial charge is 0.116 e. The number of nitrogens with zero attached hydrogens (tertiary/aromatic N) is 1. The Morgan fingerprint density at radius 2 is 2.25 bits per heavy atom. The first-order valence-electron chi connectivity index (χ1n) is 5.87. The third kappa shape index (κ3) is 2.38. The minimum absolute atomic E-state index is 0.378. The van der Waals surface area contributed by atoms with Crippen LogP contribution in [0.15, 0.2) is 29.8 Å². The highest BCUT2D eigenvalue weighted by atomic mass is 16.3. The molecule has 0 saturated heterocycles. The van der Waals surface area contributed by atoms with Gasteiger partial charge in [0, 0.05) is 18.8 Å². The lowest BCUT2D eigenvalue weighted by molar-refractivity contribution is 0.474. The number of benzene rings is 1. The van der Waals surface area contributed by atoms with Crippen LogP contribution in [0, 0.1) is 0 Å². The lowest BCUT2D eigenvalue weighted by Gasteiger charge is -2.30. The molecule has 1 aliphatic rings. The fourth-order valence-corrected chi connectivity index (χ4v) is 2.14. The van der Waals surface area contributed by atoms with Gasteiger partial charge in [0.05, 0.1) is 0 Å². The first-order chi connectivity index (χ1) is 7.66. The predicted octanol–water partition coefficient (Wildman–Crippen LogP) is 3.11. The standard InChI is InChI=1S/C14H19NO/c1-11(2)7-9-15-8-3-4-12-10-13(16)5-6-14(12)15/h5-7,10,16H,3-4,8-9H2,1-2H3. The summed E-state index contributed by atoms with van der Waals surface area (Å²) in [6.07, 6.45) is 4.50. The second-order valence-corrected chi connectivity index (χ2v) is 4.64. The van der Waals surface area contributed by atoms with E-state index < -0.39 is 0 Å². The molecule has 0 radical (unpaired) electrons. The number of fused-ring (bicyclic) bond motifs is 1. The summed E-state index contributed by atoms with van der Waals surface area (Å²) in [6.45, 7) is 6.34. The van der Waals surface area contributed by atoms with Crippen molar-refractivity contribution in [2.24, 2.45) is 0 Å². The Hall–Kier alpha value is -1.44. The van der Waals surface area contributed by atoms with Crippen LogP contribution < -0.4 is 4.90 Å². The van der Waals surface area contributed by atoms with Gasteiger partial charge in [0.2, 0.25) is 0 Å². The largest absolute Gasteiger partial charge is 0.508 e. The quantitative estimate of drug-likeness (QED) is 0.769. The summed E-state index contributed by atoms with van der Waals surface area (Å²) < 4.78 is 0. The highest BCUT2D eigenvalue weighted by molar-refractivity contribution is 5.58. The van der Waals surface area contributed by atoms with E-state index in [2.05, 4.69) is 24.8 Å². The number of phenolic OH excluding ortho intramolecular Hbond substituents is 1. The molecular weight excluding hydrogens is 198 g/mol. The van der Waals surface area contributed by atoms with Crippen molar-refractivity contribution >= 4 is 5.69 Å². The zero-order valence-corrected chi connectivity index (χ0v) is 10.0. The van der Waals surface area contributed by atoms with Gasteiger partial charge in [0.1, 0.15) is 5.75 Å². The second kappa shape index (κ2) is 4.60. The first-order valence-corrected chi connectivity index (χ1v) is 5.87. The molecule has 1 heterocycles. The van der Waals surface area contributed by atoms with Crippen molar-refractivity contribution in [1.82, 2.24) is 0 Å². The molecule has 0 spiro atoms. The molecular formula is C14H19NO. The molecule has 1 aliphatic heterocycles. The molecule has 0 amide bonds. The summed E-state index contributed by atoms with van der Waals surface area (Å²) in [4.78, 5) is 2.38. The minimum atomic E-state index is 0.378. The Labute approximate surface area is 97.2 Å². The van der Waals surface area contributed by atoms with E-state index in [0.29, 0.717) is 5.75 Å². The summed E-state index contributed by atoms with van der Waals surface area (Å²) in [5.74, 6) is 0.378. The summed E-state index contributed by atoms with van der Waals surface area (Å²) in [5, 5.41) is 9.46. The number of allylic oxidation sites excluding steroid dienone is 1. The van der Waals surface area contributed by atoms with Gasteiger partial charge in [0.15, 0.2) is 0 Å². The van der Waals surface area contributed by atoms with Gasteiger partial charge in [-0.15, -0.1) is 0 Å². The zero-order valence-electron chi connectivity index (χ0n) is 10.0. The Morgan fingerprint density at radius 1 is 1.44 bits per heavy atom. The highest BCUT2D eigenvalue weighted by Gasteiger charge is 2.15. The summed E-state index contributed by atoms with van der Waals surface area (Å²) in [6, 6.07) is 5.70. The molecule has 2 nitrogen and oxygen atoms in total. The van der Waals surface area contributed by atoms with E-state index in [-0.39, 0.29) is 0 Å². The maximum absolute atomic E-state index is 9.46. The molecule has 2 rings (SSSR count). The van der Waals surface area contributed by atoms with E-state index in [1.165, 1.54) is 23.2 Å². The topological polar surface area (TPSA) is 23.5 Å². The monoisotopic (exact) mass is 217 g/mol. The lowest BCUT2D eigenvalue weighted by Crippen LogP contribution is -2.29. The van der Waals surface area contributed by atoms with Crippen molar-refractivity contribution in [2.45, 2.75) is 26.7 Å². The molecule has 0 aliphatic carbocycles. The van der Waals surface area contributed by atoms with Gasteiger partial charge in [0.25, 0.3) is 0 Å². The second-order valence-electron chi connectivity index (χ2n) is 4.64. The van der Waals surface area contributed by atoms with Gasteiger partial charge in [-0.2, -0.15) is 0 Å². The van der Waals surface area contributed by atoms with Crippen molar-refractivity contribution < 1.29 is 5.11 Å². The van der Waals surface area contributed by atoms with Crippen LogP contribution in [-0.4, -0.2) is 18.2 Å². The maximum Gasteiger partial charge on any atom is 0.116 e. The fraction of sp³-hybridized carbons (Fsp3) is 0.429. The van der Waals surface area contributed by atoms with Crippen molar-refractivity contribution in [3.05, 3.63) is 35.4 Å². The van der Waals surface area contributed by atoms with Crippen LogP contribution in [-0.2, 0) is 6.42 Å². The van der Waals surface area contributed by atoms with Crippen molar-refractivity contribution in [3.63, 3.8) is 0 Å². The Morgan fingerprint density at radius 3 is 3.00 bits per heavy atom. The van der Waals surface area contributed by atoms with Crippen molar-refractivity contribution in [3.8, 4) is 5.75 Å². The van der Waals surface area contributed by atoms with Crippen LogP contribution in [0.1, 0.15) is 25.8 Å². The van der Waals surface area contributed by atoms with Gasteiger partial charge < -0.3 is 10.0 Å². The fourth-order valence-electron chi connectivity index (χ4n) is 2.14. The van der Waals surface area contributed by atoms with E-state index in [9.17, 15) is 5.11 Å². The molecule has 1 aromatic carbocycles. The van der Waals surface area contributed by atoms with E-state index in [0.717, 1.165) is 19.5 Å². The Kier molecular flexibility index (Phi) is 3.18. The molecule has 0 unspecified atom stereocenters. The van der Waals surface area contributed by atoms with Gasteiger partial charge in [-0.05, 0) is 50.5 Å². The number of phenols is 1. The number of aromatic hydroxyl groups is 1. The number of aryl methyl sites for hydroxylation is 1. The van der Waals surface area contributed by atoms with Crippen LogP contribution in [0.4, 0.5) is 5.69 Å². The normalized spacial score (nSPS) is 14.5. The molecule has 0 fully saturated rings. The van der Waals surface area contributed by atoms with E-state index in [1.54, 1.807) is 6.07 Å². The third-order valence-electron chi connectivity index (χ3n) is 3.00. The summed E-state index contributed by atoms with van der Waals surface area (Å²) in [7, 11) is 0. The zero-order chi connectivity index (χ0) is 11.5. The van der Waals surface area contributed by atoms with E-state index in [1.807, 2.05) is 12.1 Å². The van der Waals surface area contributed by atoms with Crippen LogP contribution >= 0.6 is 0 Å². The average Bonchev–Trinajstić information content (AvgIpc) is 2.25. The number of anilines is 1. The number of hydrogen-bond donors (Lipinski definition) is 1. The SMILES string of the molecule is CC(C)=CCN1CCCc2cc(O)ccc21. The Bertz CT molecular complexity index is 405. The first kappa shape index (κ1) is 11.1. The molecule has 0 bridgehead atoms. The molecule has 86 valence electrons. The van der Waals surface area contributed by atoms with Crippen LogP contribution in [0.2, 0.25) is 0 Å². The molecule has 2 heteroatoms. The number of hydrogen-bond acceptors (Lipinski definition) is 2. The van der Waals surface area contributed by atoms with Crippen molar-refractivity contribution in [1.29, 1.82) is 0 Å². The molecule has 0 atom stereocenters. The van der Waals surface area contributed by atoms with Gasteiger partial charge >= 0.3 is 0 Å². The molecule has 1 N–H and O–H groups in total. The summed E-state index contributed by atoms with van der Waals surface area (Å²) in [5.41, 5.74) is 3.90. The van der Waals surface area contributed by atoms with Gasteiger partial charge in [-0.25, -0.2) is 0 Å². The third-order valence-corrected chi connectivity index (χ3v) is 3.00. The molecule has 0 saturated carbocycles. The maximum atomic E-state index is 9.46. The molecule has 0 aromatic heterocycles. The summed E-state index contributed by atoms with van der Waals surface area (Å²) >= 11 is 0. The minimum Gasteiger partial charge on any atom is -0.508 e. The molecule has 1 aromatic rings. The Balaban J connectivity index is 2.23. The predicted molar refractivity (Wildman–Crippen MR) is 68.1 cm³/mol. The highest BCUT2D eigenvalue weighted by Crippen LogP contribution is 2.29. The van der Waals surface area contributed by atoms with Crippen LogP contribution in [0.25, 0.3) is 0 Å². The van der Waals surface area contributed by atoms with Crippen LogP contribution in [0.5, 0.6) is 5.75 Å². The van der Waals surface area contributed by atoms with E-state index >= 15 is 0 Å².